The number of thiophene rings is 2. The summed E-state index contributed by atoms with van der Waals surface area (Å²) in [6, 6.07) is 18.1. The Bertz CT molecular complexity index is 1570. The SMILES string of the molecule is Cc1cccc(N(C(=O)Cn2nnc(-c3cccs3)n2)[C@H](C(=O)NCc2ccc(F)cc2)c2cccs2)c1C. The highest BCUT2D eigenvalue weighted by Crippen LogP contribution is 2.34. The van der Waals surface area contributed by atoms with Crippen LogP contribution >= 0.6 is 22.7 Å². The number of carbonyl (C=O) groups excluding carboxylic acids is 2. The molecule has 1 N–H and O–H groups in total. The fourth-order valence-electron chi connectivity index (χ4n) is 4.13. The molecule has 39 heavy (non-hydrogen) atoms. The third kappa shape index (κ3) is 5.94. The molecule has 5 aromatic rings. The first-order valence-electron chi connectivity index (χ1n) is 12.2. The molecule has 3 heterocycles. The van der Waals surface area contributed by atoms with Gasteiger partial charge in [0.25, 0.3) is 5.91 Å². The monoisotopic (exact) mass is 560 g/mol. The number of nitrogens with zero attached hydrogens (tertiary/aromatic N) is 5. The van der Waals surface area contributed by atoms with Crippen LogP contribution in [0.4, 0.5) is 10.1 Å². The molecule has 0 aliphatic rings. The normalized spacial score (nSPS) is 11.8. The topological polar surface area (TPSA) is 93.0 Å². The van der Waals surface area contributed by atoms with Crippen LogP contribution in [0.15, 0.2) is 77.5 Å². The van der Waals surface area contributed by atoms with Crippen molar-refractivity contribution >= 4 is 40.2 Å². The molecule has 8 nitrogen and oxygen atoms in total. The predicted octanol–water partition coefficient (Wildman–Crippen LogP) is 5.31. The summed E-state index contributed by atoms with van der Waals surface area (Å²) in [7, 11) is 0. The van der Waals surface area contributed by atoms with Crippen molar-refractivity contribution in [2.75, 3.05) is 4.90 Å². The Kier molecular flexibility index (Phi) is 7.89. The first-order chi connectivity index (χ1) is 18.9. The lowest BCUT2D eigenvalue weighted by Gasteiger charge is -2.32. The Morgan fingerprint density at radius 1 is 1.00 bits per heavy atom. The molecule has 1 atom stereocenters. The van der Waals surface area contributed by atoms with E-state index in [0.717, 1.165) is 21.6 Å². The summed E-state index contributed by atoms with van der Waals surface area (Å²) >= 11 is 2.87. The van der Waals surface area contributed by atoms with Gasteiger partial charge in [0.1, 0.15) is 18.4 Å². The number of hydrogen-bond acceptors (Lipinski definition) is 7. The second kappa shape index (κ2) is 11.7. The highest BCUT2D eigenvalue weighted by Gasteiger charge is 2.35. The van der Waals surface area contributed by atoms with Crippen molar-refractivity contribution in [3.8, 4) is 10.7 Å². The van der Waals surface area contributed by atoms with Crippen molar-refractivity contribution < 1.29 is 14.0 Å². The number of aryl methyl sites for hydroxylation is 1. The number of tetrazole rings is 1. The summed E-state index contributed by atoms with van der Waals surface area (Å²) in [6.07, 6.45) is 0. The van der Waals surface area contributed by atoms with Gasteiger partial charge in [-0.3, -0.25) is 14.5 Å². The van der Waals surface area contributed by atoms with Crippen molar-refractivity contribution in [1.82, 2.24) is 25.5 Å². The third-order valence-corrected chi connectivity index (χ3v) is 8.07. The number of nitrogens with one attached hydrogen (secondary N) is 1. The third-order valence-electron chi connectivity index (χ3n) is 6.27. The molecular weight excluding hydrogens is 535 g/mol. The van der Waals surface area contributed by atoms with E-state index in [0.29, 0.717) is 16.4 Å². The van der Waals surface area contributed by atoms with Crippen LogP contribution in [0, 0.1) is 19.7 Å². The molecule has 0 saturated heterocycles. The summed E-state index contributed by atoms with van der Waals surface area (Å²) in [4.78, 5) is 32.1. The van der Waals surface area contributed by atoms with Gasteiger partial charge in [-0.15, -0.1) is 32.9 Å². The average Bonchev–Trinajstić information content (AvgIpc) is 3.72. The predicted molar refractivity (Wildman–Crippen MR) is 150 cm³/mol. The van der Waals surface area contributed by atoms with Crippen molar-refractivity contribution in [3.05, 3.63) is 105 Å². The smallest absolute Gasteiger partial charge is 0.251 e. The van der Waals surface area contributed by atoms with Gasteiger partial charge in [0, 0.05) is 17.1 Å². The van der Waals surface area contributed by atoms with Gasteiger partial charge in [0.2, 0.25) is 11.7 Å². The number of amides is 2. The minimum atomic E-state index is -0.946. The molecule has 3 aromatic heterocycles. The van der Waals surface area contributed by atoms with Gasteiger partial charge >= 0.3 is 0 Å². The fraction of sp³-hybridized carbons (Fsp3) is 0.179. The molecule has 0 unspecified atom stereocenters. The van der Waals surface area contributed by atoms with Gasteiger partial charge in [-0.2, -0.15) is 4.80 Å². The zero-order chi connectivity index (χ0) is 27.4. The highest BCUT2D eigenvalue weighted by atomic mass is 32.1. The van der Waals surface area contributed by atoms with Crippen LogP contribution < -0.4 is 10.2 Å². The minimum absolute atomic E-state index is 0.185. The summed E-state index contributed by atoms with van der Waals surface area (Å²) in [5, 5.41) is 19.3. The average molecular weight is 561 g/mol. The molecule has 2 aromatic carbocycles. The van der Waals surface area contributed by atoms with Crippen LogP contribution in [0.1, 0.15) is 27.6 Å². The molecule has 0 aliphatic carbocycles. The highest BCUT2D eigenvalue weighted by molar-refractivity contribution is 7.13. The van der Waals surface area contributed by atoms with Crippen LogP contribution in [0.3, 0.4) is 0 Å². The number of benzene rings is 2. The molecule has 11 heteroatoms. The fourth-order valence-corrected chi connectivity index (χ4v) is 5.60. The van der Waals surface area contributed by atoms with Gasteiger partial charge in [0.15, 0.2) is 0 Å². The Balaban J connectivity index is 1.49. The van der Waals surface area contributed by atoms with Crippen molar-refractivity contribution in [2.45, 2.75) is 33.0 Å². The van der Waals surface area contributed by atoms with Gasteiger partial charge in [-0.1, -0.05) is 36.4 Å². The minimum Gasteiger partial charge on any atom is -0.350 e. The van der Waals surface area contributed by atoms with E-state index >= 15 is 0 Å². The van der Waals surface area contributed by atoms with E-state index in [9.17, 15) is 14.0 Å². The summed E-state index contributed by atoms with van der Waals surface area (Å²) in [5.41, 5.74) is 3.23. The number of hydrogen-bond donors (Lipinski definition) is 1. The lowest BCUT2D eigenvalue weighted by Crippen LogP contribution is -2.45. The standard InChI is InChI=1S/C28H25FN6O2S2/c1-18-6-3-7-22(19(18)2)35(25(36)17-34-32-27(31-33-34)24-9-5-15-39-24)26(23-8-4-14-38-23)28(37)30-16-20-10-12-21(29)13-11-20/h3-15,26H,16-17H2,1-2H3,(H,30,37)/t26-/m0/s1. The quantitative estimate of drug-likeness (QED) is 0.264. The van der Waals surface area contributed by atoms with Gasteiger partial charge in [-0.25, -0.2) is 4.39 Å². The molecule has 2 amide bonds. The Hall–Kier alpha value is -4.22. The van der Waals surface area contributed by atoms with Gasteiger partial charge in [-0.05, 0) is 76.8 Å². The van der Waals surface area contributed by atoms with Crippen molar-refractivity contribution in [2.24, 2.45) is 0 Å². The van der Waals surface area contributed by atoms with Crippen LogP contribution in [0.25, 0.3) is 10.7 Å². The zero-order valence-corrected chi connectivity index (χ0v) is 22.9. The maximum absolute atomic E-state index is 14.0. The molecule has 198 valence electrons. The lowest BCUT2D eigenvalue weighted by atomic mass is 10.0. The zero-order valence-electron chi connectivity index (χ0n) is 21.2. The molecule has 0 bridgehead atoms. The maximum Gasteiger partial charge on any atom is 0.251 e. The molecule has 5 rings (SSSR count). The second-order valence-electron chi connectivity index (χ2n) is 8.87. The molecular formula is C28H25FN6O2S2. The van der Waals surface area contributed by atoms with Crippen molar-refractivity contribution in [1.29, 1.82) is 0 Å². The lowest BCUT2D eigenvalue weighted by molar-refractivity contribution is -0.127. The van der Waals surface area contributed by atoms with Crippen LogP contribution in [0.2, 0.25) is 0 Å². The molecule has 0 radical (unpaired) electrons. The number of carbonyl (C=O) groups is 2. The summed E-state index contributed by atoms with van der Waals surface area (Å²) < 4.78 is 13.4. The first-order valence-corrected chi connectivity index (χ1v) is 13.9. The van der Waals surface area contributed by atoms with Gasteiger partial charge in [0.05, 0.1) is 4.88 Å². The van der Waals surface area contributed by atoms with Crippen molar-refractivity contribution in [3.63, 3.8) is 0 Å². The Morgan fingerprint density at radius 3 is 2.49 bits per heavy atom. The second-order valence-corrected chi connectivity index (χ2v) is 10.8. The van der Waals surface area contributed by atoms with E-state index in [1.165, 1.54) is 44.5 Å². The van der Waals surface area contributed by atoms with E-state index in [2.05, 4.69) is 20.7 Å². The maximum atomic E-state index is 14.0. The van der Waals surface area contributed by atoms with E-state index in [1.807, 2.05) is 67.1 Å². The van der Waals surface area contributed by atoms with E-state index in [-0.39, 0.29) is 30.7 Å². The van der Waals surface area contributed by atoms with Crippen LogP contribution in [-0.4, -0.2) is 32.0 Å². The number of aromatic nitrogens is 4. The van der Waals surface area contributed by atoms with Crippen LogP contribution in [0.5, 0.6) is 0 Å². The molecule has 0 fully saturated rings. The molecule has 0 saturated carbocycles. The van der Waals surface area contributed by atoms with E-state index in [4.69, 9.17) is 0 Å². The largest absolute Gasteiger partial charge is 0.350 e. The van der Waals surface area contributed by atoms with Crippen LogP contribution in [-0.2, 0) is 22.7 Å². The number of halogens is 1. The van der Waals surface area contributed by atoms with Gasteiger partial charge < -0.3 is 5.32 Å². The first kappa shape index (κ1) is 26.4. The number of rotatable bonds is 9. The van der Waals surface area contributed by atoms with E-state index in [1.54, 1.807) is 12.1 Å². The summed E-state index contributed by atoms with van der Waals surface area (Å²) in [5.74, 6) is -0.642. The van der Waals surface area contributed by atoms with E-state index < -0.39 is 6.04 Å². The number of anilines is 1. The Labute approximate surface area is 232 Å². The summed E-state index contributed by atoms with van der Waals surface area (Å²) in [6.45, 7) is 3.86. The molecule has 0 aliphatic heterocycles. The molecule has 0 spiro atoms. The Morgan fingerprint density at radius 2 is 1.77 bits per heavy atom.